The Morgan fingerprint density at radius 3 is 2.24 bits per heavy atom. The number of carboxylic acid groups (broad SMARTS) is 1. The van der Waals surface area contributed by atoms with E-state index >= 15 is 0 Å². The Balaban J connectivity index is 2.14. The molecule has 3 rings (SSSR count). The summed E-state index contributed by atoms with van der Waals surface area (Å²) < 4.78 is 0. The lowest BCUT2D eigenvalue weighted by Gasteiger charge is -2.10. The molecule has 1 N–H and O–H groups in total. The Morgan fingerprint density at radius 2 is 1.52 bits per heavy atom. The van der Waals surface area contributed by atoms with Gasteiger partial charge in [0.25, 0.3) is 0 Å². The van der Waals surface area contributed by atoms with Gasteiger partial charge in [-0.3, -0.25) is 0 Å². The van der Waals surface area contributed by atoms with Crippen molar-refractivity contribution in [3.8, 4) is 0 Å². The molecule has 3 aromatic carbocycles. The number of aromatic carboxylic acids is 1. The fourth-order valence-electron chi connectivity index (χ4n) is 2.34. The summed E-state index contributed by atoms with van der Waals surface area (Å²) >= 11 is 1.67. The Morgan fingerprint density at radius 1 is 0.857 bits per heavy atom. The molecule has 3 aromatic rings. The molecule has 0 aromatic heterocycles. The van der Waals surface area contributed by atoms with Gasteiger partial charge in [-0.1, -0.05) is 54.2 Å². The van der Waals surface area contributed by atoms with Crippen LogP contribution in [-0.2, 0) is 0 Å². The van der Waals surface area contributed by atoms with E-state index in [2.05, 4.69) is 19.1 Å². The molecule has 2 nitrogen and oxygen atoms in total. The predicted molar refractivity (Wildman–Crippen MR) is 86.2 cm³/mol. The average molecular weight is 294 g/mol. The maximum absolute atomic E-state index is 11.3. The molecule has 0 radical (unpaired) electrons. The highest BCUT2D eigenvalue weighted by atomic mass is 32.2. The summed E-state index contributed by atoms with van der Waals surface area (Å²) in [6.45, 7) is 2.08. The van der Waals surface area contributed by atoms with E-state index in [1.54, 1.807) is 17.8 Å². The molecule has 0 saturated heterocycles. The van der Waals surface area contributed by atoms with Crippen LogP contribution in [0.5, 0.6) is 0 Å². The number of hydrogen-bond acceptors (Lipinski definition) is 2. The van der Waals surface area contributed by atoms with Crippen LogP contribution in [-0.4, -0.2) is 11.1 Å². The van der Waals surface area contributed by atoms with Gasteiger partial charge in [0, 0.05) is 9.79 Å². The van der Waals surface area contributed by atoms with Crippen LogP contribution in [0.15, 0.2) is 70.5 Å². The van der Waals surface area contributed by atoms with Crippen molar-refractivity contribution in [2.75, 3.05) is 0 Å². The van der Waals surface area contributed by atoms with Crippen LogP contribution in [0.25, 0.3) is 10.8 Å². The fraction of sp³-hybridized carbons (Fsp3) is 0.0556. The van der Waals surface area contributed by atoms with Crippen molar-refractivity contribution in [1.29, 1.82) is 0 Å². The lowest BCUT2D eigenvalue weighted by molar-refractivity contribution is 0.0699. The summed E-state index contributed by atoms with van der Waals surface area (Å²) in [5.74, 6) is -0.890. The highest BCUT2D eigenvalue weighted by Gasteiger charge is 2.12. The molecule has 0 unspecified atom stereocenters. The first-order valence-electron chi connectivity index (χ1n) is 6.65. The Hall–Kier alpha value is -2.26. The summed E-state index contributed by atoms with van der Waals surface area (Å²) in [6, 6.07) is 19.4. The smallest absolute Gasteiger partial charge is 0.336 e. The van der Waals surface area contributed by atoms with E-state index in [4.69, 9.17) is 0 Å². The summed E-state index contributed by atoms with van der Waals surface area (Å²) in [7, 11) is 0. The number of fused-ring (bicyclic) bond motifs is 1. The van der Waals surface area contributed by atoms with Gasteiger partial charge in [-0.15, -0.1) is 0 Å². The largest absolute Gasteiger partial charge is 0.478 e. The molecule has 0 spiro atoms. The quantitative estimate of drug-likeness (QED) is 0.738. The second kappa shape index (κ2) is 5.62. The first kappa shape index (κ1) is 13.7. The zero-order valence-corrected chi connectivity index (χ0v) is 12.4. The molecule has 0 aliphatic carbocycles. The zero-order chi connectivity index (χ0) is 14.8. The highest BCUT2D eigenvalue weighted by molar-refractivity contribution is 7.99. The minimum absolute atomic E-state index is 0.347. The minimum atomic E-state index is -0.890. The average Bonchev–Trinajstić information content (AvgIpc) is 2.49. The van der Waals surface area contributed by atoms with Crippen LogP contribution < -0.4 is 0 Å². The van der Waals surface area contributed by atoms with Crippen LogP contribution in [0.4, 0.5) is 0 Å². The summed E-state index contributed by atoms with van der Waals surface area (Å²) in [4.78, 5) is 13.6. The van der Waals surface area contributed by atoms with Crippen molar-refractivity contribution in [2.24, 2.45) is 0 Å². The second-order valence-electron chi connectivity index (χ2n) is 4.83. The van der Waals surface area contributed by atoms with Crippen LogP contribution in [0.2, 0.25) is 0 Å². The van der Waals surface area contributed by atoms with Crippen LogP contribution in [0, 0.1) is 6.92 Å². The van der Waals surface area contributed by atoms with Crippen molar-refractivity contribution in [2.45, 2.75) is 16.7 Å². The number of carboxylic acids is 1. The van der Waals surface area contributed by atoms with Gasteiger partial charge in [-0.2, -0.15) is 0 Å². The molecule has 3 heteroatoms. The van der Waals surface area contributed by atoms with Crippen molar-refractivity contribution in [1.82, 2.24) is 0 Å². The Kier molecular flexibility index (Phi) is 3.67. The lowest BCUT2D eigenvalue weighted by Crippen LogP contribution is -1.97. The van der Waals surface area contributed by atoms with E-state index in [9.17, 15) is 9.90 Å². The molecule has 0 bridgehead atoms. The van der Waals surface area contributed by atoms with Crippen LogP contribution in [0.3, 0.4) is 0 Å². The fourth-order valence-corrected chi connectivity index (χ4v) is 3.37. The van der Waals surface area contributed by atoms with Gasteiger partial charge in [0.05, 0.1) is 5.56 Å². The van der Waals surface area contributed by atoms with Gasteiger partial charge in [0.2, 0.25) is 0 Å². The Bertz CT molecular complexity index is 824. The van der Waals surface area contributed by atoms with Crippen molar-refractivity contribution in [3.63, 3.8) is 0 Å². The van der Waals surface area contributed by atoms with Gasteiger partial charge in [0.1, 0.15) is 0 Å². The maximum atomic E-state index is 11.3. The van der Waals surface area contributed by atoms with E-state index in [-0.39, 0.29) is 0 Å². The molecule has 0 amide bonds. The number of hydrogen-bond donors (Lipinski definition) is 1. The topological polar surface area (TPSA) is 37.3 Å². The van der Waals surface area contributed by atoms with E-state index in [0.29, 0.717) is 5.56 Å². The molecule has 0 fully saturated rings. The van der Waals surface area contributed by atoms with Gasteiger partial charge in [0.15, 0.2) is 0 Å². The third-order valence-corrected chi connectivity index (χ3v) is 4.68. The SMILES string of the molecule is Cc1ccccc1Sc1ccc(C(=O)O)c2ccccc12. The molecule has 0 aliphatic heterocycles. The van der Waals surface area contributed by atoms with Gasteiger partial charge in [-0.25, -0.2) is 4.79 Å². The first-order chi connectivity index (χ1) is 10.2. The van der Waals surface area contributed by atoms with Gasteiger partial charge < -0.3 is 5.11 Å². The van der Waals surface area contributed by atoms with Crippen LogP contribution >= 0.6 is 11.8 Å². The minimum Gasteiger partial charge on any atom is -0.478 e. The number of carbonyl (C=O) groups is 1. The molecule has 104 valence electrons. The van der Waals surface area contributed by atoms with E-state index < -0.39 is 5.97 Å². The molecule has 0 aliphatic rings. The third kappa shape index (κ3) is 2.65. The molecular formula is C18H14O2S. The third-order valence-electron chi connectivity index (χ3n) is 3.43. The van der Waals surface area contributed by atoms with Crippen molar-refractivity contribution in [3.05, 3.63) is 71.8 Å². The standard InChI is InChI=1S/C18H14O2S/c1-12-6-2-5-9-16(12)21-17-11-10-15(18(19)20)13-7-3-4-8-14(13)17/h2-11H,1H3,(H,19,20). The molecule has 0 saturated carbocycles. The predicted octanol–water partition coefficient (Wildman–Crippen LogP) is 5.00. The molecular weight excluding hydrogens is 280 g/mol. The monoisotopic (exact) mass is 294 g/mol. The second-order valence-corrected chi connectivity index (χ2v) is 5.91. The van der Waals surface area contributed by atoms with E-state index in [1.807, 2.05) is 42.5 Å². The lowest BCUT2D eigenvalue weighted by atomic mass is 10.0. The van der Waals surface area contributed by atoms with E-state index in [0.717, 1.165) is 15.7 Å². The molecule has 0 atom stereocenters. The first-order valence-corrected chi connectivity index (χ1v) is 7.47. The summed E-state index contributed by atoms with van der Waals surface area (Å²) in [5.41, 5.74) is 1.56. The van der Waals surface area contributed by atoms with Gasteiger partial charge in [-0.05, 0) is 41.5 Å². The van der Waals surface area contributed by atoms with Gasteiger partial charge >= 0.3 is 5.97 Å². The normalized spacial score (nSPS) is 10.7. The number of rotatable bonds is 3. The highest BCUT2D eigenvalue weighted by Crippen LogP contribution is 2.36. The number of aryl methyl sites for hydroxylation is 1. The summed E-state index contributed by atoms with van der Waals surface area (Å²) in [6.07, 6.45) is 0. The van der Waals surface area contributed by atoms with Crippen LogP contribution in [0.1, 0.15) is 15.9 Å². The zero-order valence-electron chi connectivity index (χ0n) is 11.5. The molecule has 0 heterocycles. The van der Waals surface area contributed by atoms with Crippen molar-refractivity contribution < 1.29 is 9.90 Å². The molecule has 21 heavy (non-hydrogen) atoms. The Labute approximate surface area is 127 Å². The summed E-state index contributed by atoms with van der Waals surface area (Å²) in [5, 5.41) is 11.1. The van der Waals surface area contributed by atoms with E-state index in [1.165, 1.54) is 10.5 Å². The van der Waals surface area contributed by atoms with Crippen molar-refractivity contribution >= 4 is 28.5 Å². The number of benzene rings is 3. The maximum Gasteiger partial charge on any atom is 0.336 e.